The summed E-state index contributed by atoms with van der Waals surface area (Å²) in [4.78, 5) is 32.2. The van der Waals surface area contributed by atoms with Gasteiger partial charge in [-0.05, 0) is 26.8 Å². The number of halogens is 1. The Morgan fingerprint density at radius 3 is 2.56 bits per heavy atom. The summed E-state index contributed by atoms with van der Waals surface area (Å²) in [5.74, 6) is -2.61. The summed E-state index contributed by atoms with van der Waals surface area (Å²) in [6.45, 7) is 4.89. The van der Waals surface area contributed by atoms with Gasteiger partial charge in [-0.3, -0.25) is 14.9 Å². The fraction of sp³-hybridized carbons (Fsp3) is 0.357. The number of hydrazone groups is 1. The number of carboxylic acids is 1. The van der Waals surface area contributed by atoms with E-state index >= 15 is 0 Å². The molecule has 0 aliphatic heterocycles. The highest BCUT2D eigenvalue weighted by Crippen LogP contribution is 2.21. The molecule has 1 rings (SSSR count). The Morgan fingerprint density at radius 2 is 2.08 bits per heavy atom. The number of carboxylic acid groups (broad SMARTS) is 1. The number of nitrogens with one attached hydrogen (secondary N) is 1. The van der Waals surface area contributed by atoms with Crippen LogP contribution >= 0.6 is 11.8 Å². The molecule has 0 aliphatic carbocycles. The van der Waals surface area contributed by atoms with Crippen molar-refractivity contribution >= 4 is 34.6 Å². The van der Waals surface area contributed by atoms with Crippen LogP contribution in [0.1, 0.15) is 26.3 Å². The van der Waals surface area contributed by atoms with E-state index in [4.69, 9.17) is 9.84 Å². The van der Waals surface area contributed by atoms with Gasteiger partial charge in [-0.2, -0.15) is 5.10 Å². The first-order valence-electron chi connectivity index (χ1n) is 6.85. The zero-order chi connectivity index (χ0) is 19.2. The van der Waals surface area contributed by atoms with Crippen LogP contribution in [0.3, 0.4) is 0 Å². The molecule has 0 bridgehead atoms. The van der Waals surface area contributed by atoms with Gasteiger partial charge in [0.25, 0.3) is 5.69 Å². The van der Waals surface area contributed by atoms with Gasteiger partial charge in [-0.1, -0.05) is 11.8 Å². The standard InChI is InChI=1S/C14H16FN3O6S/c1-14(2,3)24-13(21)17-16-12(25-7-11(19)20)9-5-4-8(18(22)23)6-10(9)15/h4-6H,7H2,1-3H3,(H,17,21)(H,19,20)/b16-12-. The molecule has 11 heteroatoms. The van der Waals surface area contributed by atoms with Crippen LogP contribution in [0.15, 0.2) is 23.3 Å². The molecule has 1 amide bonds. The molecular formula is C14H16FN3O6S. The Balaban J connectivity index is 3.07. The lowest BCUT2D eigenvalue weighted by Crippen LogP contribution is -2.30. The van der Waals surface area contributed by atoms with Crippen LogP contribution in [0.25, 0.3) is 0 Å². The van der Waals surface area contributed by atoms with E-state index in [0.29, 0.717) is 17.8 Å². The number of carbonyl (C=O) groups is 2. The number of hydrogen-bond donors (Lipinski definition) is 2. The Morgan fingerprint density at radius 1 is 1.44 bits per heavy atom. The van der Waals surface area contributed by atoms with Crippen molar-refractivity contribution in [2.24, 2.45) is 5.10 Å². The predicted molar refractivity (Wildman–Crippen MR) is 89.1 cm³/mol. The number of non-ortho nitro benzene ring substituents is 1. The third kappa shape index (κ3) is 7.16. The van der Waals surface area contributed by atoms with Crippen LogP contribution in [0.4, 0.5) is 14.9 Å². The SMILES string of the molecule is CC(C)(C)OC(=O)N/N=C(\SCC(=O)O)c1ccc([N+](=O)[O-])cc1F. The van der Waals surface area contributed by atoms with Gasteiger partial charge in [0.05, 0.1) is 16.7 Å². The molecule has 0 unspecified atom stereocenters. The summed E-state index contributed by atoms with van der Waals surface area (Å²) < 4.78 is 19.1. The Hall–Kier alpha value is -2.69. The number of rotatable bonds is 5. The van der Waals surface area contributed by atoms with Crippen molar-refractivity contribution in [1.82, 2.24) is 5.43 Å². The molecule has 0 spiro atoms. The summed E-state index contributed by atoms with van der Waals surface area (Å²) >= 11 is 0.641. The Kier molecular flexibility index (Phi) is 6.86. The molecule has 0 atom stereocenters. The molecule has 0 saturated carbocycles. The third-order valence-corrected chi connectivity index (χ3v) is 3.35. The van der Waals surface area contributed by atoms with Crippen LogP contribution in [0.2, 0.25) is 0 Å². The molecule has 9 nitrogen and oxygen atoms in total. The summed E-state index contributed by atoms with van der Waals surface area (Å²) in [6.07, 6.45) is -0.914. The van der Waals surface area contributed by atoms with E-state index in [0.717, 1.165) is 12.1 Å². The zero-order valence-corrected chi connectivity index (χ0v) is 14.4. The van der Waals surface area contributed by atoms with Gasteiger partial charge in [0.2, 0.25) is 0 Å². The molecule has 0 radical (unpaired) electrons. The maximum Gasteiger partial charge on any atom is 0.428 e. The quantitative estimate of drug-likeness (QED) is 0.351. The molecule has 0 fully saturated rings. The van der Waals surface area contributed by atoms with Crippen molar-refractivity contribution in [3.8, 4) is 0 Å². The average molecular weight is 373 g/mol. The topological polar surface area (TPSA) is 131 Å². The molecule has 2 N–H and O–H groups in total. The summed E-state index contributed by atoms with van der Waals surface area (Å²) in [7, 11) is 0. The minimum atomic E-state index is -1.18. The van der Waals surface area contributed by atoms with Crippen LogP contribution in [-0.2, 0) is 9.53 Å². The van der Waals surface area contributed by atoms with E-state index in [9.17, 15) is 24.1 Å². The predicted octanol–water partition coefficient (Wildman–Crippen LogP) is 2.74. The highest BCUT2D eigenvalue weighted by atomic mass is 32.2. The molecule has 136 valence electrons. The fourth-order valence-electron chi connectivity index (χ4n) is 1.49. The highest BCUT2D eigenvalue weighted by Gasteiger charge is 2.19. The number of amides is 1. The number of nitrogens with zero attached hydrogens (tertiary/aromatic N) is 2. The summed E-state index contributed by atoms with van der Waals surface area (Å²) in [5, 5.41) is 22.9. The molecule has 1 aromatic rings. The zero-order valence-electron chi connectivity index (χ0n) is 13.6. The number of ether oxygens (including phenoxy) is 1. The molecule has 1 aromatic carbocycles. The van der Waals surface area contributed by atoms with E-state index < -0.39 is 39.8 Å². The van der Waals surface area contributed by atoms with E-state index in [-0.39, 0.29) is 10.6 Å². The largest absolute Gasteiger partial charge is 0.481 e. The molecule has 0 saturated heterocycles. The highest BCUT2D eigenvalue weighted by molar-refractivity contribution is 8.14. The number of carbonyl (C=O) groups excluding carboxylic acids is 1. The molecular weight excluding hydrogens is 357 g/mol. The van der Waals surface area contributed by atoms with Gasteiger partial charge in [0, 0.05) is 11.6 Å². The number of thioether (sulfide) groups is 1. The third-order valence-electron chi connectivity index (χ3n) is 2.37. The van der Waals surface area contributed by atoms with E-state index in [2.05, 4.69) is 5.10 Å². The first-order valence-corrected chi connectivity index (χ1v) is 7.84. The molecule has 0 heterocycles. The van der Waals surface area contributed by atoms with Gasteiger partial charge in [-0.15, -0.1) is 0 Å². The monoisotopic (exact) mass is 373 g/mol. The average Bonchev–Trinajstić information content (AvgIpc) is 2.45. The lowest BCUT2D eigenvalue weighted by molar-refractivity contribution is -0.385. The molecule has 0 aliphatic rings. The maximum absolute atomic E-state index is 14.1. The second-order valence-corrected chi connectivity index (χ2v) is 6.60. The number of hydrogen-bond acceptors (Lipinski definition) is 7. The van der Waals surface area contributed by atoms with Gasteiger partial charge in [-0.25, -0.2) is 14.6 Å². The normalized spacial score (nSPS) is 11.8. The number of nitro benzene ring substituents is 1. The lowest BCUT2D eigenvalue weighted by Gasteiger charge is -2.18. The van der Waals surface area contributed by atoms with Crippen molar-refractivity contribution in [2.45, 2.75) is 26.4 Å². The summed E-state index contributed by atoms with van der Waals surface area (Å²) in [5.41, 5.74) is 0.598. The van der Waals surface area contributed by atoms with Crippen molar-refractivity contribution in [2.75, 3.05) is 5.75 Å². The molecule has 25 heavy (non-hydrogen) atoms. The number of benzene rings is 1. The van der Waals surface area contributed by atoms with Crippen LogP contribution in [-0.4, -0.2) is 38.5 Å². The van der Waals surface area contributed by atoms with E-state index in [1.807, 2.05) is 5.43 Å². The van der Waals surface area contributed by atoms with Gasteiger partial charge < -0.3 is 9.84 Å². The molecule has 0 aromatic heterocycles. The smallest absolute Gasteiger partial charge is 0.428 e. The fourth-order valence-corrected chi connectivity index (χ4v) is 2.18. The number of aliphatic carboxylic acids is 1. The van der Waals surface area contributed by atoms with E-state index in [1.54, 1.807) is 20.8 Å². The van der Waals surface area contributed by atoms with Crippen LogP contribution in [0.5, 0.6) is 0 Å². The van der Waals surface area contributed by atoms with Gasteiger partial charge >= 0.3 is 12.1 Å². The maximum atomic E-state index is 14.1. The van der Waals surface area contributed by atoms with Crippen LogP contribution in [0, 0.1) is 15.9 Å². The van der Waals surface area contributed by atoms with E-state index in [1.165, 1.54) is 0 Å². The first kappa shape index (κ1) is 20.4. The van der Waals surface area contributed by atoms with Gasteiger partial charge in [0.1, 0.15) is 16.5 Å². The first-order chi connectivity index (χ1) is 11.5. The minimum Gasteiger partial charge on any atom is -0.481 e. The Labute approximate surface area is 146 Å². The van der Waals surface area contributed by atoms with Gasteiger partial charge in [0.15, 0.2) is 0 Å². The lowest BCUT2D eigenvalue weighted by atomic mass is 10.2. The van der Waals surface area contributed by atoms with Crippen molar-refractivity contribution in [3.05, 3.63) is 39.7 Å². The van der Waals surface area contributed by atoms with Crippen molar-refractivity contribution in [1.29, 1.82) is 0 Å². The Bertz CT molecular complexity index is 717. The van der Waals surface area contributed by atoms with Crippen molar-refractivity contribution in [3.63, 3.8) is 0 Å². The minimum absolute atomic E-state index is 0.166. The second kappa shape index (κ2) is 8.42. The van der Waals surface area contributed by atoms with Crippen LogP contribution < -0.4 is 5.43 Å². The second-order valence-electron chi connectivity index (χ2n) is 5.63. The number of nitro groups is 1. The van der Waals surface area contributed by atoms with Crippen molar-refractivity contribution < 1.29 is 28.7 Å². The summed E-state index contributed by atoms with van der Waals surface area (Å²) in [6, 6.07) is 2.81.